The Morgan fingerprint density at radius 3 is 2.72 bits per heavy atom. The van der Waals surface area contributed by atoms with Crippen LogP contribution in [0.15, 0.2) is 48.5 Å². The first-order chi connectivity index (χ1) is 14.1. The van der Waals surface area contributed by atoms with Crippen molar-refractivity contribution in [2.75, 3.05) is 32.1 Å². The smallest absolute Gasteiger partial charge is 0.275 e. The molecule has 2 atom stereocenters. The highest BCUT2D eigenvalue weighted by atomic mass is 32.1. The zero-order valence-electron chi connectivity index (χ0n) is 17.1. The number of fused-ring (bicyclic) bond motifs is 1. The topological polar surface area (TPSA) is 49.7 Å². The van der Waals surface area contributed by atoms with E-state index in [4.69, 9.17) is 4.98 Å². The van der Waals surface area contributed by atoms with Crippen LogP contribution in [-0.4, -0.2) is 38.1 Å². The lowest BCUT2D eigenvalue weighted by molar-refractivity contribution is -0.929. The van der Waals surface area contributed by atoms with Crippen LogP contribution in [0.4, 0.5) is 5.69 Å². The predicted octanol–water partition coefficient (Wildman–Crippen LogP) is 2.79. The summed E-state index contributed by atoms with van der Waals surface area (Å²) in [7, 11) is 4.06. The Morgan fingerprint density at radius 1 is 1.17 bits per heavy atom. The molecule has 4 rings (SSSR count). The van der Waals surface area contributed by atoms with Crippen LogP contribution in [0.3, 0.4) is 0 Å². The number of benzene rings is 2. The third-order valence-corrected chi connectivity index (χ3v) is 6.82. The quantitative estimate of drug-likeness (QED) is 0.658. The second kappa shape index (κ2) is 8.93. The van der Waals surface area contributed by atoms with Crippen LogP contribution in [0.2, 0.25) is 0 Å². The zero-order valence-corrected chi connectivity index (χ0v) is 18.0. The van der Waals surface area contributed by atoms with Gasteiger partial charge in [0.05, 0.1) is 16.8 Å². The van der Waals surface area contributed by atoms with E-state index in [1.165, 1.54) is 27.4 Å². The first-order valence-corrected chi connectivity index (χ1v) is 11.1. The van der Waals surface area contributed by atoms with Crippen molar-refractivity contribution >= 4 is 33.1 Å². The average molecular weight is 410 g/mol. The molecule has 152 valence electrons. The van der Waals surface area contributed by atoms with Gasteiger partial charge < -0.3 is 15.1 Å². The Hall–Kier alpha value is -2.44. The fourth-order valence-electron chi connectivity index (χ4n) is 4.01. The van der Waals surface area contributed by atoms with Crippen LogP contribution < -0.4 is 15.1 Å². The minimum Gasteiger partial charge on any atom is -0.378 e. The zero-order chi connectivity index (χ0) is 20.2. The van der Waals surface area contributed by atoms with E-state index in [9.17, 15) is 4.79 Å². The molecule has 0 spiro atoms. The van der Waals surface area contributed by atoms with Crippen molar-refractivity contribution in [1.82, 2.24) is 10.3 Å². The number of amides is 1. The molecule has 0 bridgehead atoms. The highest BCUT2D eigenvalue weighted by Crippen LogP contribution is 2.28. The van der Waals surface area contributed by atoms with Crippen LogP contribution >= 0.6 is 11.3 Å². The molecule has 2 N–H and O–H groups in total. The number of thiazole rings is 1. The number of rotatable bonds is 6. The molecule has 3 aromatic rings. The molecule has 2 heterocycles. The Morgan fingerprint density at radius 2 is 1.97 bits per heavy atom. The van der Waals surface area contributed by atoms with Crippen molar-refractivity contribution in [2.45, 2.75) is 31.8 Å². The van der Waals surface area contributed by atoms with Crippen molar-refractivity contribution in [3.63, 3.8) is 0 Å². The normalized spacial score (nSPS) is 19.2. The summed E-state index contributed by atoms with van der Waals surface area (Å²) in [5.41, 5.74) is 3.36. The maximum atomic E-state index is 12.7. The van der Waals surface area contributed by atoms with E-state index < -0.39 is 0 Å². The Kier molecular flexibility index (Phi) is 6.11. The monoisotopic (exact) mass is 409 g/mol. The number of anilines is 1. The van der Waals surface area contributed by atoms with Crippen molar-refractivity contribution in [3.05, 3.63) is 59.1 Å². The van der Waals surface area contributed by atoms with Crippen LogP contribution in [0.5, 0.6) is 0 Å². The van der Waals surface area contributed by atoms with E-state index in [0.29, 0.717) is 19.1 Å². The van der Waals surface area contributed by atoms with Gasteiger partial charge >= 0.3 is 0 Å². The fourth-order valence-corrected chi connectivity index (χ4v) is 5.17. The van der Waals surface area contributed by atoms with Gasteiger partial charge in [0.25, 0.3) is 5.91 Å². The third kappa shape index (κ3) is 4.77. The molecule has 1 aromatic heterocycles. The summed E-state index contributed by atoms with van der Waals surface area (Å²) < 4.78 is 1.23. The number of para-hydroxylation sites is 1. The minimum absolute atomic E-state index is 0.115. The van der Waals surface area contributed by atoms with E-state index in [2.05, 4.69) is 52.7 Å². The molecular formula is C23H29N4OS+. The van der Waals surface area contributed by atoms with Crippen LogP contribution in [0.1, 0.15) is 35.9 Å². The SMILES string of the molecule is CN(C)c1ccc(CNC(=O)C[NH+]2CCCC[C@H]2c2nc3ccccc3s2)cc1. The largest absolute Gasteiger partial charge is 0.378 e. The summed E-state index contributed by atoms with van der Waals surface area (Å²) in [5.74, 6) is 0.115. The van der Waals surface area contributed by atoms with E-state index in [1.807, 2.05) is 20.2 Å². The summed E-state index contributed by atoms with van der Waals surface area (Å²) >= 11 is 1.78. The number of hydrogen-bond acceptors (Lipinski definition) is 4. The number of quaternary nitrogens is 1. The van der Waals surface area contributed by atoms with Crippen molar-refractivity contribution in [2.24, 2.45) is 0 Å². The second-order valence-corrected chi connectivity index (χ2v) is 9.05. The Bertz CT molecular complexity index is 933. The molecule has 1 unspecified atom stereocenters. The van der Waals surface area contributed by atoms with Gasteiger partial charge in [0.2, 0.25) is 0 Å². The number of carbonyl (C=O) groups is 1. The summed E-state index contributed by atoms with van der Waals surface area (Å²) in [6.45, 7) is 2.12. The lowest BCUT2D eigenvalue weighted by atomic mass is 10.0. The average Bonchev–Trinajstić information content (AvgIpc) is 3.17. The highest BCUT2D eigenvalue weighted by Gasteiger charge is 2.31. The molecule has 0 aliphatic carbocycles. The van der Waals surface area contributed by atoms with Crippen LogP contribution in [0.25, 0.3) is 10.2 Å². The molecule has 29 heavy (non-hydrogen) atoms. The predicted molar refractivity (Wildman–Crippen MR) is 120 cm³/mol. The highest BCUT2D eigenvalue weighted by molar-refractivity contribution is 7.18. The first-order valence-electron chi connectivity index (χ1n) is 10.3. The second-order valence-electron chi connectivity index (χ2n) is 7.99. The lowest BCUT2D eigenvalue weighted by Gasteiger charge is -2.30. The molecule has 0 radical (unpaired) electrons. The number of likely N-dealkylation sites (tertiary alicyclic amines) is 1. The molecular weight excluding hydrogens is 380 g/mol. The molecule has 0 saturated carbocycles. The van der Waals surface area contributed by atoms with Gasteiger partial charge in [0.1, 0.15) is 6.04 Å². The number of carbonyl (C=O) groups excluding carboxylic acids is 1. The molecule has 2 aromatic carbocycles. The van der Waals surface area contributed by atoms with Gasteiger partial charge in [-0.25, -0.2) is 4.98 Å². The van der Waals surface area contributed by atoms with E-state index in [1.54, 1.807) is 11.3 Å². The molecule has 1 saturated heterocycles. The maximum absolute atomic E-state index is 12.7. The van der Waals surface area contributed by atoms with Gasteiger partial charge in [0, 0.05) is 32.7 Å². The molecule has 6 heteroatoms. The van der Waals surface area contributed by atoms with Gasteiger partial charge in [0.15, 0.2) is 11.6 Å². The molecule has 5 nitrogen and oxygen atoms in total. The summed E-state index contributed by atoms with van der Waals surface area (Å²) in [5, 5.41) is 4.28. The standard InChI is InChI=1S/C23H28N4OS/c1-26(2)18-12-10-17(11-13-18)15-24-22(28)16-27-14-6-5-8-20(27)23-25-19-7-3-4-9-21(19)29-23/h3-4,7,9-13,20H,5-6,8,14-16H2,1-2H3,(H,24,28)/p+1/t20-/m0/s1. The summed E-state index contributed by atoms with van der Waals surface area (Å²) in [6.07, 6.45) is 3.49. The summed E-state index contributed by atoms with van der Waals surface area (Å²) in [4.78, 5) is 20.9. The number of nitrogens with zero attached hydrogens (tertiary/aromatic N) is 2. The third-order valence-electron chi connectivity index (χ3n) is 5.67. The Labute approximate surface area is 176 Å². The van der Waals surface area contributed by atoms with E-state index in [0.717, 1.165) is 29.7 Å². The number of hydrogen-bond donors (Lipinski definition) is 2. The molecule has 1 aliphatic rings. The summed E-state index contributed by atoms with van der Waals surface area (Å²) in [6, 6.07) is 17.0. The first kappa shape index (κ1) is 19.9. The number of piperidine rings is 1. The van der Waals surface area contributed by atoms with E-state index in [-0.39, 0.29) is 5.91 Å². The van der Waals surface area contributed by atoms with Gasteiger partial charge in [-0.2, -0.15) is 0 Å². The van der Waals surface area contributed by atoms with Crippen LogP contribution in [-0.2, 0) is 11.3 Å². The van der Waals surface area contributed by atoms with Gasteiger partial charge in [-0.15, -0.1) is 11.3 Å². The van der Waals surface area contributed by atoms with Crippen molar-refractivity contribution in [1.29, 1.82) is 0 Å². The molecule has 1 fully saturated rings. The van der Waals surface area contributed by atoms with E-state index >= 15 is 0 Å². The molecule has 1 aliphatic heterocycles. The van der Waals surface area contributed by atoms with Crippen molar-refractivity contribution < 1.29 is 9.69 Å². The number of aromatic nitrogens is 1. The van der Waals surface area contributed by atoms with Crippen LogP contribution in [0, 0.1) is 0 Å². The minimum atomic E-state index is 0.115. The fraction of sp³-hybridized carbons (Fsp3) is 0.391. The molecule has 1 amide bonds. The Balaban J connectivity index is 1.38. The van der Waals surface area contributed by atoms with Gasteiger partial charge in [-0.3, -0.25) is 4.79 Å². The lowest BCUT2D eigenvalue weighted by Crippen LogP contribution is -3.14. The van der Waals surface area contributed by atoms with Gasteiger partial charge in [-0.05, 0) is 42.7 Å². The maximum Gasteiger partial charge on any atom is 0.275 e. The van der Waals surface area contributed by atoms with Gasteiger partial charge in [-0.1, -0.05) is 24.3 Å². The number of nitrogens with one attached hydrogen (secondary N) is 2. The van der Waals surface area contributed by atoms with Crippen molar-refractivity contribution in [3.8, 4) is 0 Å².